The molecule has 0 unspecified atom stereocenters. The fourth-order valence-electron chi connectivity index (χ4n) is 4.34. The zero-order valence-electron chi connectivity index (χ0n) is 16.4. The van der Waals surface area contributed by atoms with Crippen LogP contribution in [0.1, 0.15) is 48.4 Å². The summed E-state index contributed by atoms with van der Waals surface area (Å²) in [6.45, 7) is 1.92. The van der Waals surface area contributed by atoms with Crippen LogP contribution in [0.3, 0.4) is 0 Å². The van der Waals surface area contributed by atoms with Crippen molar-refractivity contribution in [3.63, 3.8) is 0 Å². The van der Waals surface area contributed by atoms with E-state index in [-0.39, 0.29) is 17.3 Å². The highest BCUT2D eigenvalue weighted by molar-refractivity contribution is 6.07. The van der Waals surface area contributed by atoms with Crippen molar-refractivity contribution in [2.24, 2.45) is 10.4 Å². The first-order valence-electron chi connectivity index (χ1n) is 9.73. The smallest absolute Gasteiger partial charge is 0.295 e. The minimum atomic E-state index is -0.740. The molecule has 2 amide bonds. The van der Waals surface area contributed by atoms with Crippen LogP contribution >= 0.6 is 0 Å². The number of carbonyl (C=O) groups excluding carboxylic acids is 2. The number of amides is 2. The van der Waals surface area contributed by atoms with E-state index < -0.39 is 28.5 Å². The topological polar surface area (TPSA) is 95.5 Å². The maximum Gasteiger partial charge on any atom is 0.295 e. The van der Waals surface area contributed by atoms with Crippen molar-refractivity contribution in [2.75, 3.05) is 11.4 Å². The first-order valence-corrected chi connectivity index (χ1v) is 9.73. The molecule has 1 aromatic carbocycles. The normalized spacial score (nSPS) is 22.8. The number of H-pyrrole nitrogens is 1. The van der Waals surface area contributed by atoms with E-state index >= 15 is 0 Å². The van der Waals surface area contributed by atoms with Crippen LogP contribution in [0, 0.1) is 24.0 Å². The minimum absolute atomic E-state index is 0.0435. The maximum atomic E-state index is 13.6. The van der Waals surface area contributed by atoms with Crippen LogP contribution in [-0.4, -0.2) is 34.0 Å². The number of benzene rings is 1. The van der Waals surface area contributed by atoms with Gasteiger partial charge in [0.15, 0.2) is 0 Å². The van der Waals surface area contributed by atoms with Gasteiger partial charge >= 0.3 is 0 Å². The summed E-state index contributed by atoms with van der Waals surface area (Å²) >= 11 is 0. The Balaban J connectivity index is 1.57. The van der Waals surface area contributed by atoms with Crippen LogP contribution in [0.15, 0.2) is 34.1 Å². The lowest BCUT2D eigenvalue weighted by Gasteiger charge is -2.32. The van der Waals surface area contributed by atoms with E-state index in [1.807, 2.05) is 0 Å². The quantitative estimate of drug-likeness (QED) is 0.817. The van der Waals surface area contributed by atoms with Crippen LogP contribution in [0.2, 0.25) is 0 Å². The van der Waals surface area contributed by atoms with Gasteiger partial charge in [0.2, 0.25) is 5.91 Å². The third-order valence-corrected chi connectivity index (χ3v) is 5.67. The van der Waals surface area contributed by atoms with Gasteiger partial charge in [-0.25, -0.2) is 18.8 Å². The van der Waals surface area contributed by atoms with Crippen molar-refractivity contribution in [3.05, 3.63) is 57.8 Å². The van der Waals surface area contributed by atoms with Crippen molar-refractivity contribution >= 4 is 23.2 Å². The molecule has 1 saturated heterocycles. The molecule has 9 heteroatoms. The molecule has 1 aliphatic heterocycles. The Labute approximate surface area is 170 Å². The van der Waals surface area contributed by atoms with E-state index in [9.17, 15) is 23.2 Å². The number of hydrogen-bond donors (Lipinski definition) is 1. The van der Waals surface area contributed by atoms with Crippen molar-refractivity contribution in [1.29, 1.82) is 0 Å². The summed E-state index contributed by atoms with van der Waals surface area (Å²) in [4.78, 5) is 49.3. The zero-order chi connectivity index (χ0) is 21.5. The van der Waals surface area contributed by atoms with Gasteiger partial charge in [0.05, 0.1) is 5.41 Å². The standard InChI is InChI=1S/C21H20F2N4O3/c1-12-24-17(10-18(28)25-12)19(29)26-15-3-2-4-21(11-15)5-6-27(20(21)30)16-8-13(22)7-14(23)9-16/h7-10H,2-6,11H2,1H3,(H,24,25,28)/t21-/m1/s1. The van der Waals surface area contributed by atoms with E-state index in [4.69, 9.17) is 0 Å². The molecule has 0 radical (unpaired) electrons. The third kappa shape index (κ3) is 3.79. The number of aryl methyl sites for hydroxylation is 1. The third-order valence-electron chi connectivity index (χ3n) is 5.67. The molecule has 2 fully saturated rings. The molecular formula is C21H20F2N4O3. The van der Waals surface area contributed by atoms with Gasteiger partial charge in [-0.2, -0.15) is 0 Å². The van der Waals surface area contributed by atoms with Crippen molar-refractivity contribution in [3.8, 4) is 0 Å². The highest BCUT2D eigenvalue weighted by Gasteiger charge is 2.49. The highest BCUT2D eigenvalue weighted by Crippen LogP contribution is 2.45. The van der Waals surface area contributed by atoms with Crippen molar-refractivity contribution in [1.82, 2.24) is 9.97 Å². The summed E-state index contributed by atoms with van der Waals surface area (Å²) in [6.07, 6.45) is 2.67. The Morgan fingerprint density at radius 3 is 2.60 bits per heavy atom. The maximum absolute atomic E-state index is 13.6. The van der Waals surface area contributed by atoms with E-state index in [1.165, 1.54) is 4.90 Å². The SMILES string of the molecule is Cc1nc(C(=O)N=C2CCC[C@@]3(CCN(c4cc(F)cc(F)c4)C3=O)C2)cc(=O)[nH]1. The second-order valence-corrected chi connectivity index (χ2v) is 7.84. The number of aromatic nitrogens is 2. The van der Waals surface area contributed by atoms with Crippen LogP contribution in [0.5, 0.6) is 0 Å². The molecule has 1 aromatic heterocycles. The summed E-state index contributed by atoms with van der Waals surface area (Å²) < 4.78 is 27.2. The van der Waals surface area contributed by atoms with Crippen LogP contribution < -0.4 is 10.5 Å². The first-order chi connectivity index (χ1) is 14.3. The zero-order valence-corrected chi connectivity index (χ0v) is 16.4. The Morgan fingerprint density at radius 1 is 1.17 bits per heavy atom. The monoisotopic (exact) mass is 414 g/mol. The molecule has 1 spiro atoms. The molecule has 2 aromatic rings. The minimum Gasteiger partial charge on any atom is -0.312 e. The van der Waals surface area contributed by atoms with Crippen LogP contribution in [0.4, 0.5) is 14.5 Å². The summed E-state index contributed by atoms with van der Waals surface area (Å²) in [5.41, 5.74) is -0.449. The molecule has 1 N–H and O–H groups in total. The lowest BCUT2D eigenvalue weighted by atomic mass is 9.72. The van der Waals surface area contributed by atoms with Gasteiger partial charge in [0.1, 0.15) is 23.2 Å². The van der Waals surface area contributed by atoms with Crippen molar-refractivity contribution < 1.29 is 18.4 Å². The highest BCUT2D eigenvalue weighted by atomic mass is 19.1. The Kier molecular flexibility index (Phi) is 5.05. The Hall–Kier alpha value is -3.23. The largest absolute Gasteiger partial charge is 0.312 e. The molecule has 2 heterocycles. The lowest BCUT2D eigenvalue weighted by molar-refractivity contribution is -0.125. The van der Waals surface area contributed by atoms with Gasteiger partial charge in [-0.05, 0) is 44.7 Å². The van der Waals surface area contributed by atoms with Gasteiger partial charge in [0, 0.05) is 36.5 Å². The summed E-state index contributed by atoms with van der Waals surface area (Å²) in [6, 6.07) is 4.14. The summed E-state index contributed by atoms with van der Waals surface area (Å²) in [7, 11) is 0. The molecule has 30 heavy (non-hydrogen) atoms. The molecule has 0 bridgehead atoms. The fourth-order valence-corrected chi connectivity index (χ4v) is 4.34. The predicted molar refractivity (Wildman–Crippen MR) is 106 cm³/mol. The number of aromatic amines is 1. The number of nitrogens with zero attached hydrogens (tertiary/aromatic N) is 3. The van der Waals surface area contributed by atoms with Gasteiger partial charge in [0.25, 0.3) is 11.5 Å². The second kappa shape index (κ2) is 7.55. The Morgan fingerprint density at radius 2 is 1.90 bits per heavy atom. The van der Waals surface area contributed by atoms with E-state index in [0.29, 0.717) is 50.2 Å². The average molecular weight is 414 g/mol. The number of nitrogens with one attached hydrogen (secondary N) is 1. The Bertz CT molecular complexity index is 1110. The van der Waals surface area contributed by atoms with E-state index in [0.717, 1.165) is 24.3 Å². The molecule has 1 aliphatic carbocycles. The molecule has 1 saturated carbocycles. The van der Waals surface area contributed by atoms with Crippen molar-refractivity contribution in [2.45, 2.75) is 39.0 Å². The van der Waals surface area contributed by atoms with E-state index in [2.05, 4.69) is 15.0 Å². The number of rotatable bonds is 2. The summed E-state index contributed by atoms with van der Waals surface area (Å²) in [5, 5.41) is 0. The van der Waals surface area contributed by atoms with Gasteiger partial charge < -0.3 is 9.88 Å². The van der Waals surface area contributed by atoms with Gasteiger partial charge in [-0.3, -0.25) is 14.4 Å². The molecule has 2 aliphatic rings. The average Bonchev–Trinajstić information content (AvgIpc) is 2.96. The number of anilines is 1. The fraction of sp³-hybridized carbons (Fsp3) is 0.381. The molecular weight excluding hydrogens is 394 g/mol. The van der Waals surface area contributed by atoms with E-state index in [1.54, 1.807) is 6.92 Å². The molecule has 1 atom stereocenters. The predicted octanol–water partition coefficient (Wildman–Crippen LogP) is 2.94. The molecule has 156 valence electrons. The molecule has 7 nitrogen and oxygen atoms in total. The van der Waals surface area contributed by atoms with Gasteiger partial charge in [-0.1, -0.05) is 0 Å². The van der Waals surface area contributed by atoms with Crippen LogP contribution in [0.25, 0.3) is 0 Å². The van der Waals surface area contributed by atoms with Crippen LogP contribution in [-0.2, 0) is 4.79 Å². The number of aliphatic imine (C=N–C) groups is 1. The second-order valence-electron chi connectivity index (χ2n) is 7.84. The number of hydrogen-bond acceptors (Lipinski definition) is 4. The molecule has 4 rings (SSSR count). The summed E-state index contributed by atoms with van der Waals surface area (Å²) in [5.74, 6) is -2.00. The number of halogens is 2. The van der Waals surface area contributed by atoms with Gasteiger partial charge in [-0.15, -0.1) is 0 Å². The first kappa shape index (κ1) is 20.1. The number of carbonyl (C=O) groups is 2. The lowest BCUT2D eigenvalue weighted by Crippen LogP contribution is -2.38.